The number of H-pyrrole nitrogens is 1. The second-order valence-corrected chi connectivity index (χ2v) is 1.39. The lowest BCUT2D eigenvalue weighted by molar-refractivity contribution is 0.424. The summed E-state index contributed by atoms with van der Waals surface area (Å²) < 4.78 is 0. The van der Waals surface area contributed by atoms with E-state index in [9.17, 15) is 0 Å². The Labute approximate surface area is 57.3 Å². The molecule has 0 aliphatic rings. The summed E-state index contributed by atoms with van der Waals surface area (Å²) in [6.07, 6.45) is 1.45. The normalized spacial score (nSPS) is 7.40. The topological polar surface area (TPSA) is 132 Å². The van der Waals surface area contributed by atoms with Crippen LogP contribution in [0.25, 0.3) is 0 Å². The van der Waals surface area contributed by atoms with Gasteiger partial charge in [-0.15, -0.1) is 0 Å². The summed E-state index contributed by atoms with van der Waals surface area (Å²) in [5.41, 5.74) is 0.310. The van der Waals surface area contributed by atoms with Crippen LogP contribution in [0, 0.1) is 0 Å². The van der Waals surface area contributed by atoms with Crippen molar-refractivity contribution in [3.8, 4) is 0 Å². The predicted molar refractivity (Wildman–Crippen MR) is 35.6 cm³/mol. The second kappa shape index (κ2) is 4.94. The average molecular weight is 148 g/mol. The number of nitrogens with zero attached hydrogens (tertiary/aromatic N) is 1. The Bertz CT molecular complexity index is 154. The Kier molecular flexibility index (Phi) is 5.86. The maximum absolute atomic E-state index is 8.40. The van der Waals surface area contributed by atoms with E-state index in [-0.39, 0.29) is 11.0 Å². The van der Waals surface area contributed by atoms with Crippen LogP contribution in [0.3, 0.4) is 0 Å². The minimum absolute atomic E-state index is 0. The Morgan fingerprint density at radius 3 is 2.20 bits per heavy atom. The molecule has 1 aromatic heterocycles. The number of rotatable bonds is 1. The molecule has 10 heavy (non-hydrogen) atoms. The summed E-state index contributed by atoms with van der Waals surface area (Å²) in [6.45, 7) is 0. The molecule has 1 aromatic rings. The number of aromatic amines is 1. The highest BCUT2D eigenvalue weighted by atomic mass is 16.4. The van der Waals surface area contributed by atoms with Crippen LogP contribution in [0.2, 0.25) is 0 Å². The molecule has 6 nitrogen and oxygen atoms in total. The lowest BCUT2D eigenvalue weighted by Crippen LogP contribution is -2.30. The molecular weight excluding hydrogens is 139 g/mol. The molecule has 0 aromatic carbocycles. The van der Waals surface area contributed by atoms with E-state index in [2.05, 4.69) is 10.2 Å². The smallest absolute Gasteiger partial charge is 0.422 e. The predicted octanol–water partition coefficient (Wildman–Crippen LogP) is -3.56. The van der Waals surface area contributed by atoms with Crippen LogP contribution < -0.4 is 5.59 Å². The minimum Gasteiger partial charge on any atom is -0.422 e. The third kappa shape index (κ3) is 2.60. The zero-order valence-corrected chi connectivity index (χ0v) is 5.07. The molecule has 0 atom stereocenters. The maximum Gasteiger partial charge on any atom is 0.507 e. The van der Waals surface area contributed by atoms with Gasteiger partial charge in [0, 0.05) is 6.20 Å². The fourth-order valence-corrected chi connectivity index (χ4v) is 0.410. The lowest BCUT2D eigenvalue weighted by atomic mass is 9.87. The quantitative estimate of drug-likeness (QED) is 0.356. The molecule has 0 radical (unpaired) electrons. The van der Waals surface area contributed by atoms with Gasteiger partial charge in [-0.3, -0.25) is 5.10 Å². The van der Waals surface area contributed by atoms with Gasteiger partial charge in [0.15, 0.2) is 0 Å². The zero-order chi connectivity index (χ0) is 5.98. The zero-order valence-electron chi connectivity index (χ0n) is 5.07. The van der Waals surface area contributed by atoms with E-state index in [4.69, 9.17) is 10.0 Å². The van der Waals surface area contributed by atoms with Crippen molar-refractivity contribution >= 4 is 12.7 Å². The lowest BCUT2D eigenvalue weighted by Gasteiger charge is -1.87. The van der Waals surface area contributed by atoms with Crippen molar-refractivity contribution in [2.45, 2.75) is 0 Å². The van der Waals surface area contributed by atoms with Gasteiger partial charge >= 0.3 is 7.12 Å². The van der Waals surface area contributed by atoms with Crippen molar-refractivity contribution in [3.05, 3.63) is 12.3 Å². The monoisotopic (exact) mass is 148 g/mol. The first-order valence-electron chi connectivity index (χ1n) is 2.16. The van der Waals surface area contributed by atoms with Crippen molar-refractivity contribution < 1.29 is 21.0 Å². The SMILES string of the molecule is O.O.OB(O)c1ccn[nH]1. The van der Waals surface area contributed by atoms with E-state index in [0.717, 1.165) is 0 Å². The highest BCUT2D eigenvalue weighted by molar-refractivity contribution is 6.57. The largest absolute Gasteiger partial charge is 0.507 e. The molecule has 58 valence electrons. The summed E-state index contributed by atoms with van der Waals surface area (Å²) in [6, 6.07) is 1.49. The molecule has 1 heterocycles. The van der Waals surface area contributed by atoms with E-state index >= 15 is 0 Å². The van der Waals surface area contributed by atoms with Gasteiger partial charge in [-0.1, -0.05) is 0 Å². The molecule has 7 N–H and O–H groups in total. The molecule has 0 bridgehead atoms. The summed E-state index contributed by atoms with van der Waals surface area (Å²) in [4.78, 5) is 0. The molecule has 0 aliphatic heterocycles. The highest BCUT2D eigenvalue weighted by Crippen LogP contribution is 1.70. The van der Waals surface area contributed by atoms with Crippen LogP contribution in [0.4, 0.5) is 0 Å². The van der Waals surface area contributed by atoms with Gasteiger partial charge in [-0.25, -0.2) is 0 Å². The van der Waals surface area contributed by atoms with E-state index in [1.807, 2.05) is 0 Å². The summed E-state index contributed by atoms with van der Waals surface area (Å²) in [5.74, 6) is 0. The van der Waals surface area contributed by atoms with Crippen LogP contribution in [0.5, 0.6) is 0 Å². The Hall–Kier alpha value is -0.885. The third-order valence-electron chi connectivity index (χ3n) is 0.800. The molecule has 0 saturated heterocycles. The van der Waals surface area contributed by atoms with Gasteiger partial charge in [0.2, 0.25) is 0 Å². The molecule has 1 rings (SSSR count). The summed E-state index contributed by atoms with van der Waals surface area (Å²) >= 11 is 0. The molecule has 0 amide bonds. The fourth-order valence-electron chi connectivity index (χ4n) is 0.410. The molecule has 0 saturated carbocycles. The second-order valence-electron chi connectivity index (χ2n) is 1.39. The fraction of sp³-hybridized carbons (Fsp3) is 0. The first kappa shape index (κ1) is 11.9. The van der Waals surface area contributed by atoms with E-state index in [1.165, 1.54) is 12.3 Å². The van der Waals surface area contributed by atoms with Gasteiger partial charge in [-0.2, -0.15) is 5.10 Å². The summed E-state index contributed by atoms with van der Waals surface area (Å²) in [7, 11) is -1.43. The Morgan fingerprint density at radius 1 is 1.40 bits per heavy atom. The Morgan fingerprint density at radius 2 is 2.00 bits per heavy atom. The van der Waals surface area contributed by atoms with Crippen molar-refractivity contribution in [2.24, 2.45) is 0 Å². The third-order valence-corrected chi connectivity index (χ3v) is 0.800. The number of hydrogen-bond donors (Lipinski definition) is 3. The maximum atomic E-state index is 8.40. The van der Waals surface area contributed by atoms with E-state index in [0.29, 0.717) is 5.59 Å². The van der Waals surface area contributed by atoms with E-state index < -0.39 is 7.12 Å². The van der Waals surface area contributed by atoms with Crippen LogP contribution in [0.15, 0.2) is 12.3 Å². The molecule has 0 spiro atoms. The van der Waals surface area contributed by atoms with Crippen LogP contribution in [-0.2, 0) is 0 Å². The first-order valence-corrected chi connectivity index (χ1v) is 2.16. The highest BCUT2D eigenvalue weighted by Gasteiger charge is 2.10. The minimum atomic E-state index is -1.43. The van der Waals surface area contributed by atoms with Gasteiger partial charge in [0.25, 0.3) is 0 Å². The van der Waals surface area contributed by atoms with Gasteiger partial charge in [-0.05, 0) is 6.07 Å². The Balaban J connectivity index is 0. The van der Waals surface area contributed by atoms with Crippen LogP contribution in [-0.4, -0.2) is 38.3 Å². The van der Waals surface area contributed by atoms with Crippen LogP contribution >= 0.6 is 0 Å². The molecule has 0 fully saturated rings. The van der Waals surface area contributed by atoms with Crippen molar-refractivity contribution in [1.82, 2.24) is 10.2 Å². The van der Waals surface area contributed by atoms with Crippen molar-refractivity contribution in [1.29, 1.82) is 0 Å². The van der Waals surface area contributed by atoms with Crippen molar-refractivity contribution in [2.75, 3.05) is 0 Å². The number of hydrogen-bond acceptors (Lipinski definition) is 3. The number of aromatic nitrogens is 2. The molecular formula is C3H9BN2O4. The number of nitrogens with one attached hydrogen (secondary N) is 1. The molecule has 0 unspecified atom stereocenters. The standard InChI is InChI=1S/C3H5BN2O2.2H2O/c7-4(8)3-1-2-5-6-3;;/h1-2,7-8H,(H,5,6);2*1H2. The molecule has 0 aliphatic carbocycles. The average Bonchev–Trinajstić information content (AvgIpc) is 2.12. The van der Waals surface area contributed by atoms with Gasteiger partial charge < -0.3 is 21.0 Å². The van der Waals surface area contributed by atoms with Gasteiger partial charge in [0.1, 0.15) is 0 Å². The van der Waals surface area contributed by atoms with Gasteiger partial charge in [0.05, 0.1) is 5.59 Å². The van der Waals surface area contributed by atoms with Crippen molar-refractivity contribution in [3.63, 3.8) is 0 Å². The van der Waals surface area contributed by atoms with E-state index in [1.54, 1.807) is 0 Å². The van der Waals surface area contributed by atoms with Crippen LogP contribution in [0.1, 0.15) is 0 Å². The molecule has 7 heteroatoms. The first-order chi connectivity index (χ1) is 3.80. The summed E-state index contributed by atoms with van der Waals surface area (Å²) in [5, 5.41) is 22.7.